The molecule has 0 aromatic heterocycles. The van der Waals surface area contributed by atoms with Gasteiger partial charge in [-0.25, -0.2) is 0 Å². The van der Waals surface area contributed by atoms with Gasteiger partial charge >= 0.3 is 23.9 Å². The van der Waals surface area contributed by atoms with Crippen molar-refractivity contribution in [3.05, 3.63) is 0 Å². The van der Waals surface area contributed by atoms with Gasteiger partial charge < -0.3 is 25.1 Å². The van der Waals surface area contributed by atoms with Gasteiger partial charge in [-0.1, -0.05) is 194 Å². The van der Waals surface area contributed by atoms with Gasteiger partial charge in [0, 0.05) is 19.3 Å². The topological polar surface area (TPSA) is 142 Å². The SMILES string of the molecule is CCCCCCCCCCCCCCCCCC(=O)OCC(COC(=O)C(N)CCC(=O)O)OC(=O)CCCCCCCCCCCCCCCCC. The molecule has 0 spiro atoms. The molecule has 0 heterocycles. The maximum Gasteiger partial charge on any atom is 0.323 e. The average molecular weight is 754 g/mol. The highest BCUT2D eigenvalue weighted by Crippen LogP contribution is 2.16. The van der Waals surface area contributed by atoms with Crippen LogP contribution in [0.25, 0.3) is 0 Å². The van der Waals surface area contributed by atoms with Gasteiger partial charge in [0.25, 0.3) is 0 Å². The Morgan fingerprint density at radius 1 is 0.453 bits per heavy atom. The van der Waals surface area contributed by atoms with E-state index in [1.165, 1.54) is 154 Å². The van der Waals surface area contributed by atoms with Crippen molar-refractivity contribution in [3.63, 3.8) is 0 Å². The number of rotatable bonds is 41. The first-order valence-electron chi connectivity index (χ1n) is 22.3. The first kappa shape index (κ1) is 50.8. The lowest BCUT2D eigenvalue weighted by molar-refractivity contribution is -0.167. The summed E-state index contributed by atoms with van der Waals surface area (Å²) in [5.41, 5.74) is 5.76. The number of carboxylic acid groups (broad SMARTS) is 1. The smallest absolute Gasteiger partial charge is 0.323 e. The number of carbonyl (C=O) groups is 4. The minimum Gasteiger partial charge on any atom is -0.481 e. The van der Waals surface area contributed by atoms with E-state index in [-0.39, 0.29) is 44.9 Å². The molecule has 9 heteroatoms. The molecule has 0 aliphatic rings. The minimum absolute atomic E-state index is 0.0634. The molecular formula is C44H83NO8. The Morgan fingerprint density at radius 2 is 0.774 bits per heavy atom. The lowest BCUT2D eigenvalue weighted by atomic mass is 10.0. The van der Waals surface area contributed by atoms with E-state index in [4.69, 9.17) is 25.1 Å². The zero-order valence-electron chi connectivity index (χ0n) is 34.5. The lowest BCUT2D eigenvalue weighted by Crippen LogP contribution is -2.37. The fraction of sp³-hybridized carbons (Fsp3) is 0.909. The monoisotopic (exact) mass is 754 g/mol. The molecule has 53 heavy (non-hydrogen) atoms. The third-order valence-electron chi connectivity index (χ3n) is 10.1. The van der Waals surface area contributed by atoms with E-state index in [1.54, 1.807) is 0 Å². The van der Waals surface area contributed by atoms with Gasteiger partial charge in [-0.3, -0.25) is 19.2 Å². The van der Waals surface area contributed by atoms with E-state index in [0.29, 0.717) is 6.42 Å². The Hall–Kier alpha value is -2.16. The molecule has 0 bridgehead atoms. The van der Waals surface area contributed by atoms with Crippen LogP contribution in [0.4, 0.5) is 0 Å². The van der Waals surface area contributed by atoms with Gasteiger partial charge in [-0.2, -0.15) is 0 Å². The number of ether oxygens (including phenoxy) is 3. The highest BCUT2D eigenvalue weighted by atomic mass is 16.6. The van der Waals surface area contributed by atoms with Crippen LogP contribution < -0.4 is 5.73 Å². The normalized spacial score (nSPS) is 12.4. The number of unbranched alkanes of at least 4 members (excludes halogenated alkanes) is 28. The Balaban J connectivity index is 4.22. The van der Waals surface area contributed by atoms with Crippen molar-refractivity contribution in [3.8, 4) is 0 Å². The third-order valence-corrected chi connectivity index (χ3v) is 10.1. The van der Waals surface area contributed by atoms with Crippen molar-refractivity contribution < 1.29 is 38.5 Å². The van der Waals surface area contributed by atoms with Gasteiger partial charge in [0.05, 0.1) is 0 Å². The summed E-state index contributed by atoms with van der Waals surface area (Å²) >= 11 is 0. The van der Waals surface area contributed by atoms with Crippen molar-refractivity contribution >= 4 is 23.9 Å². The molecule has 0 fully saturated rings. The van der Waals surface area contributed by atoms with Crippen LogP contribution in [0.15, 0.2) is 0 Å². The van der Waals surface area contributed by atoms with E-state index in [2.05, 4.69) is 13.8 Å². The van der Waals surface area contributed by atoms with Gasteiger partial charge in [0.2, 0.25) is 0 Å². The zero-order chi connectivity index (χ0) is 39.0. The number of carboxylic acids is 1. The van der Waals surface area contributed by atoms with Crippen LogP contribution >= 0.6 is 0 Å². The van der Waals surface area contributed by atoms with Crippen molar-refractivity contribution in [2.24, 2.45) is 5.73 Å². The molecule has 0 aliphatic carbocycles. The molecule has 0 aliphatic heterocycles. The fourth-order valence-corrected chi connectivity index (χ4v) is 6.58. The second kappa shape index (κ2) is 39.5. The van der Waals surface area contributed by atoms with Crippen LogP contribution in [-0.2, 0) is 33.4 Å². The number of hydrogen-bond donors (Lipinski definition) is 2. The highest BCUT2D eigenvalue weighted by molar-refractivity contribution is 5.76. The maximum absolute atomic E-state index is 12.6. The summed E-state index contributed by atoms with van der Waals surface area (Å²) in [7, 11) is 0. The molecule has 0 saturated carbocycles. The fourth-order valence-electron chi connectivity index (χ4n) is 6.58. The predicted octanol–water partition coefficient (Wildman–Crippen LogP) is 11.7. The number of hydrogen-bond acceptors (Lipinski definition) is 8. The highest BCUT2D eigenvalue weighted by Gasteiger charge is 2.22. The minimum atomic E-state index is -1.10. The van der Waals surface area contributed by atoms with E-state index >= 15 is 0 Å². The molecular weight excluding hydrogens is 670 g/mol. The van der Waals surface area contributed by atoms with Crippen LogP contribution in [0, 0.1) is 0 Å². The van der Waals surface area contributed by atoms with Crippen molar-refractivity contribution in [2.75, 3.05) is 13.2 Å². The summed E-state index contributed by atoms with van der Waals surface area (Å²) in [6.07, 6.45) is 36.6. The lowest BCUT2D eigenvalue weighted by Gasteiger charge is -2.19. The van der Waals surface area contributed by atoms with Gasteiger partial charge in [-0.15, -0.1) is 0 Å². The van der Waals surface area contributed by atoms with Gasteiger partial charge in [0.15, 0.2) is 6.10 Å². The summed E-state index contributed by atoms with van der Waals surface area (Å²) in [5.74, 6) is -2.62. The first-order valence-corrected chi connectivity index (χ1v) is 22.3. The molecule has 0 rings (SSSR count). The molecule has 312 valence electrons. The molecule has 2 unspecified atom stereocenters. The van der Waals surface area contributed by atoms with Crippen molar-refractivity contribution in [1.29, 1.82) is 0 Å². The summed E-state index contributed by atoms with van der Waals surface area (Å²) in [6.45, 7) is 4.00. The molecule has 9 nitrogen and oxygen atoms in total. The Labute approximate surface area is 325 Å². The maximum atomic E-state index is 12.6. The van der Waals surface area contributed by atoms with Crippen LogP contribution in [0.5, 0.6) is 0 Å². The summed E-state index contributed by atoms with van der Waals surface area (Å²) in [4.78, 5) is 48.2. The number of nitrogens with two attached hydrogens (primary N) is 1. The van der Waals surface area contributed by atoms with Gasteiger partial charge in [0.1, 0.15) is 19.3 Å². The van der Waals surface area contributed by atoms with Crippen molar-refractivity contribution in [1.82, 2.24) is 0 Å². The first-order chi connectivity index (χ1) is 25.8. The molecule has 0 radical (unpaired) electrons. The van der Waals surface area contributed by atoms with E-state index in [1.807, 2.05) is 0 Å². The molecule has 0 saturated heterocycles. The molecule has 0 aromatic rings. The summed E-state index contributed by atoms with van der Waals surface area (Å²) < 4.78 is 16.2. The second-order valence-corrected chi connectivity index (χ2v) is 15.4. The largest absolute Gasteiger partial charge is 0.481 e. The van der Waals surface area contributed by atoms with E-state index < -0.39 is 30.1 Å². The number of carbonyl (C=O) groups excluding carboxylic acids is 3. The second-order valence-electron chi connectivity index (χ2n) is 15.4. The number of aliphatic carboxylic acids is 1. The average Bonchev–Trinajstić information content (AvgIpc) is 3.14. The van der Waals surface area contributed by atoms with Crippen LogP contribution in [0.3, 0.4) is 0 Å². The van der Waals surface area contributed by atoms with Crippen LogP contribution in [-0.4, -0.2) is 54.3 Å². The van der Waals surface area contributed by atoms with E-state index in [9.17, 15) is 19.2 Å². The Bertz CT molecular complexity index is 866. The molecule has 3 N–H and O–H groups in total. The number of esters is 3. The van der Waals surface area contributed by atoms with Crippen LogP contribution in [0.1, 0.15) is 232 Å². The van der Waals surface area contributed by atoms with E-state index in [0.717, 1.165) is 32.1 Å². The quantitative estimate of drug-likeness (QED) is 0.0354. The molecule has 0 aromatic carbocycles. The standard InChI is InChI=1S/C44H83NO8/c1-3-5-7-9-11-13-15-17-19-21-23-25-27-29-31-33-42(48)51-37-39(38-52-44(50)40(45)35-36-41(46)47)53-43(49)34-32-30-28-26-24-22-20-18-16-14-12-10-8-6-4-2/h39-40H,3-38,45H2,1-2H3,(H,46,47). The third kappa shape index (κ3) is 37.9. The predicted molar refractivity (Wildman–Crippen MR) is 216 cm³/mol. The Morgan fingerprint density at radius 3 is 1.13 bits per heavy atom. The molecule has 2 atom stereocenters. The van der Waals surface area contributed by atoms with Crippen molar-refractivity contribution in [2.45, 2.75) is 244 Å². The molecule has 0 amide bonds. The zero-order valence-corrected chi connectivity index (χ0v) is 34.5. The summed E-state index contributed by atoms with van der Waals surface area (Å²) in [6, 6.07) is -1.10. The summed E-state index contributed by atoms with van der Waals surface area (Å²) in [5, 5.41) is 8.86. The van der Waals surface area contributed by atoms with Gasteiger partial charge in [-0.05, 0) is 19.3 Å². The van der Waals surface area contributed by atoms with Crippen LogP contribution in [0.2, 0.25) is 0 Å². The Kier molecular flexibility index (Phi) is 37.9.